The Morgan fingerprint density at radius 3 is 2.47 bits per heavy atom. The van der Waals surface area contributed by atoms with Crippen LogP contribution in [0.3, 0.4) is 0 Å². The summed E-state index contributed by atoms with van der Waals surface area (Å²) in [5, 5.41) is 13.4. The van der Waals surface area contributed by atoms with Crippen LogP contribution in [0, 0.1) is 0 Å². The quantitative estimate of drug-likeness (QED) is 0.630. The lowest BCUT2D eigenvalue weighted by Crippen LogP contribution is -2.39. The Labute approximate surface area is 179 Å². The van der Waals surface area contributed by atoms with Crippen LogP contribution >= 0.6 is 11.6 Å². The number of aromatic hydroxyl groups is 1. The van der Waals surface area contributed by atoms with Crippen LogP contribution in [-0.2, 0) is 17.8 Å². The maximum absolute atomic E-state index is 13.1. The molecule has 0 bridgehead atoms. The molecule has 3 aromatic rings. The first kappa shape index (κ1) is 20.0. The Morgan fingerprint density at radius 1 is 1.00 bits per heavy atom. The van der Waals surface area contributed by atoms with Crippen molar-refractivity contribution in [2.24, 2.45) is 0 Å². The highest BCUT2D eigenvalue weighted by Crippen LogP contribution is 2.36. The van der Waals surface area contributed by atoms with Gasteiger partial charge in [-0.25, -0.2) is 0 Å². The number of nitrogens with one attached hydrogen (secondary N) is 1. The molecular weight excluding hydrogens is 400 g/mol. The number of hydrogen-bond donors (Lipinski definition) is 2. The summed E-state index contributed by atoms with van der Waals surface area (Å²) >= 11 is 5.96. The first-order valence-electron chi connectivity index (χ1n) is 9.73. The topological polar surface area (TPSA) is 69.6 Å². The fourth-order valence-corrected chi connectivity index (χ4v) is 3.84. The van der Waals surface area contributed by atoms with Crippen LogP contribution in [0.15, 0.2) is 72.8 Å². The molecule has 0 aromatic heterocycles. The summed E-state index contributed by atoms with van der Waals surface area (Å²) in [5.74, 6) is -0.518. The van der Waals surface area contributed by atoms with E-state index in [1.54, 1.807) is 18.2 Å². The number of carbonyl (C=O) groups is 2. The maximum atomic E-state index is 13.1. The zero-order chi connectivity index (χ0) is 21.1. The lowest BCUT2D eigenvalue weighted by atomic mass is 10.0. The van der Waals surface area contributed by atoms with Gasteiger partial charge in [0.15, 0.2) is 0 Å². The zero-order valence-electron chi connectivity index (χ0n) is 16.2. The number of amides is 2. The monoisotopic (exact) mass is 420 g/mol. The van der Waals surface area contributed by atoms with Gasteiger partial charge in [-0.15, -0.1) is 0 Å². The molecule has 1 aliphatic heterocycles. The van der Waals surface area contributed by atoms with Crippen molar-refractivity contribution in [3.8, 4) is 5.75 Å². The number of benzene rings is 3. The number of rotatable bonds is 6. The van der Waals surface area contributed by atoms with Gasteiger partial charge in [0.25, 0.3) is 5.91 Å². The minimum Gasteiger partial charge on any atom is -0.508 e. The third kappa shape index (κ3) is 4.16. The van der Waals surface area contributed by atoms with E-state index in [-0.39, 0.29) is 24.1 Å². The second-order valence-corrected chi connectivity index (χ2v) is 7.70. The largest absolute Gasteiger partial charge is 0.508 e. The molecule has 152 valence electrons. The van der Waals surface area contributed by atoms with E-state index in [0.717, 1.165) is 11.1 Å². The molecule has 0 fully saturated rings. The summed E-state index contributed by atoms with van der Waals surface area (Å²) in [6.45, 7) is 0.734. The van der Waals surface area contributed by atoms with Crippen LogP contribution in [-0.4, -0.2) is 28.4 Å². The van der Waals surface area contributed by atoms with Gasteiger partial charge in [0.1, 0.15) is 11.8 Å². The standard InChI is InChI=1S/C24H21ClN2O3/c25-18-8-6-17(7-9-18)15-27-22(20-11-10-19(28)14-21(20)24(27)30)23(29)26-13-12-16-4-2-1-3-5-16/h1-11,14,22,28H,12-13,15H2,(H,26,29). The predicted octanol–water partition coefficient (Wildman–Crippen LogP) is 4.10. The van der Waals surface area contributed by atoms with E-state index in [1.165, 1.54) is 17.0 Å². The molecule has 1 aliphatic rings. The fourth-order valence-electron chi connectivity index (χ4n) is 3.71. The summed E-state index contributed by atoms with van der Waals surface area (Å²) in [4.78, 5) is 27.7. The lowest BCUT2D eigenvalue weighted by Gasteiger charge is -2.25. The summed E-state index contributed by atoms with van der Waals surface area (Å²) < 4.78 is 0. The molecule has 0 saturated heterocycles. The van der Waals surface area contributed by atoms with Gasteiger partial charge in [0, 0.05) is 23.7 Å². The van der Waals surface area contributed by atoms with E-state index in [2.05, 4.69) is 5.32 Å². The molecule has 1 unspecified atom stereocenters. The van der Waals surface area contributed by atoms with E-state index in [0.29, 0.717) is 29.1 Å². The Balaban J connectivity index is 1.55. The van der Waals surface area contributed by atoms with Crippen LogP contribution in [0.1, 0.15) is 33.1 Å². The van der Waals surface area contributed by atoms with Crippen molar-refractivity contribution >= 4 is 23.4 Å². The SMILES string of the molecule is O=C(NCCc1ccccc1)C1c2ccc(O)cc2C(=O)N1Cc1ccc(Cl)cc1. The van der Waals surface area contributed by atoms with Gasteiger partial charge in [0.05, 0.1) is 0 Å². The normalized spacial score (nSPS) is 15.2. The molecule has 2 amide bonds. The minimum absolute atomic E-state index is 0.00122. The highest BCUT2D eigenvalue weighted by Gasteiger charge is 2.41. The van der Waals surface area contributed by atoms with Gasteiger partial charge in [-0.2, -0.15) is 0 Å². The fraction of sp³-hybridized carbons (Fsp3) is 0.167. The van der Waals surface area contributed by atoms with Crippen LogP contribution < -0.4 is 5.32 Å². The van der Waals surface area contributed by atoms with Gasteiger partial charge in [-0.3, -0.25) is 9.59 Å². The van der Waals surface area contributed by atoms with Crippen LogP contribution in [0.5, 0.6) is 5.75 Å². The summed E-state index contributed by atoms with van der Waals surface area (Å²) in [7, 11) is 0. The lowest BCUT2D eigenvalue weighted by molar-refractivity contribution is -0.125. The molecule has 3 aromatic carbocycles. The van der Waals surface area contributed by atoms with Gasteiger partial charge in [-0.1, -0.05) is 60.1 Å². The molecule has 30 heavy (non-hydrogen) atoms. The Kier molecular flexibility index (Phi) is 5.72. The van der Waals surface area contributed by atoms with E-state index < -0.39 is 6.04 Å². The second kappa shape index (κ2) is 8.59. The number of nitrogens with zero attached hydrogens (tertiary/aromatic N) is 1. The first-order valence-corrected chi connectivity index (χ1v) is 10.1. The number of halogens is 1. The van der Waals surface area contributed by atoms with Crippen molar-refractivity contribution in [3.63, 3.8) is 0 Å². The first-order chi connectivity index (χ1) is 14.5. The number of phenols is 1. The highest BCUT2D eigenvalue weighted by molar-refractivity contribution is 6.30. The van der Waals surface area contributed by atoms with Crippen molar-refractivity contribution in [2.75, 3.05) is 6.54 Å². The molecule has 4 rings (SSSR count). The molecule has 0 aliphatic carbocycles. The summed E-state index contributed by atoms with van der Waals surface area (Å²) in [6, 6.07) is 20.9. The molecule has 1 atom stereocenters. The average Bonchev–Trinajstić information content (AvgIpc) is 3.02. The number of carbonyl (C=O) groups excluding carboxylic acids is 2. The van der Waals surface area contributed by atoms with Crippen LogP contribution in [0.4, 0.5) is 0 Å². The highest BCUT2D eigenvalue weighted by atomic mass is 35.5. The second-order valence-electron chi connectivity index (χ2n) is 7.26. The van der Waals surface area contributed by atoms with Crippen molar-refractivity contribution < 1.29 is 14.7 Å². The Hall–Kier alpha value is -3.31. The van der Waals surface area contributed by atoms with Crippen molar-refractivity contribution in [2.45, 2.75) is 19.0 Å². The van der Waals surface area contributed by atoms with Crippen molar-refractivity contribution in [1.82, 2.24) is 10.2 Å². The summed E-state index contributed by atoms with van der Waals surface area (Å²) in [6.07, 6.45) is 0.701. The van der Waals surface area contributed by atoms with Crippen molar-refractivity contribution in [3.05, 3.63) is 100 Å². The molecule has 0 spiro atoms. The van der Waals surface area contributed by atoms with Gasteiger partial charge >= 0.3 is 0 Å². The molecule has 6 heteroatoms. The third-order valence-corrected chi connectivity index (χ3v) is 5.46. The minimum atomic E-state index is -0.750. The van der Waals surface area contributed by atoms with E-state index in [9.17, 15) is 14.7 Å². The van der Waals surface area contributed by atoms with E-state index >= 15 is 0 Å². The summed E-state index contributed by atoms with van der Waals surface area (Å²) in [5.41, 5.74) is 2.95. The molecule has 2 N–H and O–H groups in total. The molecule has 5 nitrogen and oxygen atoms in total. The third-order valence-electron chi connectivity index (χ3n) is 5.20. The average molecular weight is 421 g/mol. The number of phenolic OH excluding ortho intramolecular Hbond substituents is 1. The number of fused-ring (bicyclic) bond motifs is 1. The Bertz CT molecular complexity index is 1070. The van der Waals surface area contributed by atoms with E-state index in [1.807, 2.05) is 42.5 Å². The predicted molar refractivity (Wildman–Crippen MR) is 115 cm³/mol. The zero-order valence-corrected chi connectivity index (χ0v) is 17.0. The molecular formula is C24H21ClN2O3. The van der Waals surface area contributed by atoms with Crippen molar-refractivity contribution in [1.29, 1.82) is 0 Å². The molecule has 1 heterocycles. The van der Waals surface area contributed by atoms with Gasteiger partial charge in [0.2, 0.25) is 5.91 Å². The Morgan fingerprint density at radius 2 is 1.73 bits per heavy atom. The molecule has 0 radical (unpaired) electrons. The van der Waals surface area contributed by atoms with Gasteiger partial charge in [-0.05, 0) is 47.4 Å². The maximum Gasteiger partial charge on any atom is 0.255 e. The smallest absolute Gasteiger partial charge is 0.255 e. The number of hydrogen-bond acceptors (Lipinski definition) is 3. The van der Waals surface area contributed by atoms with Crippen LogP contribution in [0.25, 0.3) is 0 Å². The van der Waals surface area contributed by atoms with Gasteiger partial charge < -0.3 is 15.3 Å². The van der Waals surface area contributed by atoms with Crippen LogP contribution in [0.2, 0.25) is 5.02 Å². The molecule has 0 saturated carbocycles. The van der Waals surface area contributed by atoms with E-state index in [4.69, 9.17) is 11.6 Å².